The number of carbonyl (C=O) groups is 1. The Labute approximate surface area is 159 Å². The number of carbonyl (C=O) groups excluding carboxylic acids is 1. The van der Waals surface area contributed by atoms with Gasteiger partial charge in [0.25, 0.3) is 0 Å². The van der Waals surface area contributed by atoms with Gasteiger partial charge in [0.05, 0.1) is 6.10 Å². The second kappa shape index (κ2) is 8.41. The van der Waals surface area contributed by atoms with Crippen molar-refractivity contribution >= 4 is 11.7 Å². The number of rotatable bonds is 6. The Morgan fingerprint density at radius 1 is 0.815 bits per heavy atom. The summed E-state index contributed by atoms with van der Waals surface area (Å²) in [6, 6.07) is 24.5. The number of anilines is 1. The Balaban J connectivity index is 1.98. The highest BCUT2D eigenvalue weighted by Gasteiger charge is 2.21. The van der Waals surface area contributed by atoms with E-state index in [1.165, 1.54) is 0 Å². The number of esters is 1. The summed E-state index contributed by atoms with van der Waals surface area (Å²) >= 11 is 0. The molecule has 0 saturated carbocycles. The topological polar surface area (TPSA) is 61.5 Å². The molecule has 3 aromatic rings. The van der Waals surface area contributed by atoms with Crippen molar-refractivity contribution in [3.8, 4) is 5.75 Å². The van der Waals surface area contributed by atoms with Gasteiger partial charge in [-0.05, 0) is 49.2 Å². The van der Waals surface area contributed by atoms with Crippen LogP contribution in [0.3, 0.4) is 0 Å². The van der Waals surface area contributed by atoms with Gasteiger partial charge in [0.2, 0.25) is 0 Å². The van der Waals surface area contributed by atoms with Gasteiger partial charge in [-0.1, -0.05) is 54.6 Å². The van der Waals surface area contributed by atoms with Crippen molar-refractivity contribution in [2.45, 2.75) is 26.1 Å². The molecule has 3 aromatic carbocycles. The van der Waals surface area contributed by atoms with Crippen LogP contribution in [0, 0.1) is 0 Å². The zero-order valence-corrected chi connectivity index (χ0v) is 15.5. The average Bonchev–Trinajstić information content (AvgIpc) is 2.67. The van der Waals surface area contributed by atoms with E-state index < -0.39 is 5.97 Å². The number of nitrogens with two attached hydrogens (primary N) is 1. The molecule has 0 aliphatic carbocycles. The van der Waals surface area contributed by atoms with Gasteiger partial charge in [-0.25, -0.2) is 4.79 Å². The zero-order chi connectivity index (χ0) is 19.2. The Morgan fingerprint density at radius 2 is 1.41 bits per heavy atom. The van der Waals surface area contributed by atoms with E-state index in [0.717, 1.165) is 11.1 Å². The van der Waals surface area contributed by atoms with E-state index in [1.807, 2.05) is 74.5 Å². The van der Waals surface area contributed by atoms with Crippen molar-refractivity contribution in [2.24, 2.45) is 0 Å². The second-order valence-electron chi connectivity index (χ2n) is 6.53. The summed E-state index contributed by atoms with van der Waals surface area (Å²) in [7, 11) is 0. The fourth-order valence-corrected chi connectivity index (χ4v) is 2.77. The molecule has 0 spiro atoms. The minimum Gasteiger partial charge on any atom is -0.480 e. The van der Waals surface area contributed by atoms with Crippen molar-refractivity contribution in [1.29, 1.82) is 0 Å². The van der Waals surface area contributed by atoms with E-state index in [-0.39, 0.29) is 12.2 Å². The van der Waals surface area contributed by atoms with E-state index in [4.69, 9.17) is 15.2 Å². The Kier molecular flexibility index (Phi) is 5.77. The summed E-state index contributed by atoms with van der Waals surface area (Å²) in [6.07, 6.45) is -0.577. The van der Waals surface area contributed by atoms with Crippen molar-refractivity contribution < 1.29 is 14.3 Å². The summed E-state index contributed by atoms with van der Waals surface area (Å²) in [5, 5.41) is 0. The van der Waals surface area contributed by atoms with Gasteiger partial charge in [-0.2, -0.15) is 0 Å². The molecule has 0 fully saturated rings. The number of nitrogen functional groups attached to an aromatic ring is 1. The average molecular weight is 361 g/mol. The SMILES string of the molecule is CC(C)OC(=O)c1ccccc1OC(c1ccccc1)c1ccc(N)cc1. The van der Waals surface area contributed by atoms with Crippen LogP contribution in [0.2, 0.25) is 0 Å². The quantitative estimate of drug-likeness (QED) is 0.496. The van der Waals surface area contributed by atoms with E-state index in [1.54, 1.807) is 18.2 Å². The maximum Gasteiger partial charge on any atom is 0.342 e. The first-order valence-corrected chi connectivity index (χ1v) is 8.91. The summed E-state index contributed by atoms with van der Waals surface area (Å²) < 4.78 is 11.7. The molecule has 3 rings (SSSR count). The highest BCUT2D eigenvalue weighted by molar-refractivity contribution is 5.92. The molecule has 0 aliphatic heterocycles. The first-order chi connectivity index (χ1) is 13.0. The van der Waals surface area contributed by atoms with Crippen LogP contribution in [0.25, 0.3) is 0 Å². The third-order valence-corrected chi connectivity index (χ3v) is 4.04. The van der Waals surface area contributed by atoms with E-state index >= 15 is 0 Å². The summed E-state index contributed by atoms with van der Waals surface area (Å²) in [6.45, 7) is 3.64. The van der Waals surface area contributed by atoms with Crippen LogP contribution >= 0.6 is 0 Å². The molecule has 0 heterocycles. The van der Waals surface area contributed by atoms with Gasteiger partial charge in [0.15, 0.2) is 0 Å². The molecular weight excluding hydrogens is 338 g/mol. The summed E-state index contributed by atoms with van der Waals surface area (Å²) in [4.78, 5) is 12.5. The number of benzene rings is 3. The maximum absolute atomic E-state index is 12.5. The van der Waals surface area contributed by atoms with Crippen LogP contribution in [0.15, 0.2) is 78.9 Å². The van der Waals surface area contributed by atoms with Gasteiger partial charge in [-0.3, -0.25) is 0 Å². The van der Waals surface area contributed by atoms with Crippen LogP contribution in [0.1, 0.15) is 41.4 Å². The Hall–Kier alpha value is -3.27. The predicted octanol–water partition coefficient (Wildman–Crippen LogP) is 5.00. The normalized spacial score (nSPS) is 11.8. The monoisotopic (exact) mass is 361 g/mol. The maximum atomic E-state index is 12.5. The highest BCUT2D eigenvalue weighted by Crippen LogP contribution is 2.31. The molecule has 1 atom stereocenters. The van der Waals surface area contributed by atoms with Crippen LogP contribution in [-0.2, 0) is 4.74 Å². The molecule has 1 unspecified atom stereocenters. The van der Waals surface area contributed by atoms with Crippen molar-refractivity contribution in [3.05, 3.63) is 95.6 Å². The second-order valence-corrected chi connectivity index (χ2v) is 6.53. The Morgan fingerprint density at radius 3 is 2.07 bits per heavy atom. The molecule has 0 bridgehead atoms. The highest BCUT2D eigenvalue weighted by atomic mass is 16.5. The zero-order valence-electron chi connectivity index (χ0n) is 15.5. The minimum absolute atomic E-state index is 0.201. The first-order valence-electron chi connectivity index (χ1n) is 8.91. The van der Waals surface area contributed by atoms with Gasteiger partial charge in [0, 0.05) is 5.69 Å². The predicted molar refractivity (Wildman–Crippen MR) is 107 cm³/mol. The molecule has 4 heteroatoms. The van der Waals surface area contributed by atoms with Gasteiger partial charge < -0.3 is 15.2 Å². The molecule has 0 radical (unpaired) electrons. The van der Waals surface area contributed by atoms with Crippen LogP contribution in [-0.4, -0.2) is 12.1 Å². The van der Waals surface area contributed by atoms with Gasteiger partial charge >= 0.3 is 5.97 Å². The van der Waals surface area contributed by atoms with Crippen LogP contribution in [0.5, 0.6) is 5.75 Å². The fourth-order valence-electron chi connectivity index (χ4n) is 2.77. The smallest absolute Gasteiger partial charge is 0.342 e. The Bertz CT molecular complexity index is 889. The van der Waals surface area contributed by atoms with Crippen LogP contribution < -0.4 is 10.5 Å². The molecule has 0 saturated heterocycles. The van der Waals surface area contributed by atoms with Crippen molar-refractivity contribution in [3.63, 3.8) is 0 Å². The number of hydrogen-bond acceptors (Lipinski definition) is 4. The molecule has 2 N–H and O–H groups in total. The third-order valence-electron chi connectivity index (χ3n) is 4.04. The van der Waals surface area contributed by atoms with Crippen molar-refractivity contribution in [2.75, 3.05) is 5.73 Å². The van der Waals surface area contributed by atoms with E-state index in [2.05, 4.69) is 0 Å². The van der Waals surface area contributed by atoms with E-state index in [9.17, 15) is 4.79 Å². The summed E-state index contributed by atoms with van der Waals surface area (Å²) in [5.41, 5.74) is 8.85. The molecule has 27 heavy (non-hydrogen) atoms. The molecule has 0 amide bonds. The molecule has 0 aromatic heterocycles. The molecule has 4 nitrogen and oxygen atoms in total. The lowest BCUT2D eigenvalue weighted by atomic mass is 10.0. The molecule has 0 aliphatic rings. The van der Waals surface area contributed by atoms with E-state index in [0.29, 0.717) is 17.0 Å². The number of hydrogen-bond donors (Lipinski definition) is 1. The first kappa shape index (κ1) is 18.5. The largest absolute Gasteiger partial charge is 0.480 e. The minimum atomic E-state index is -0.398. The van der Waals surface area contributed by atoms with Crippen LogP contribution in [0.4, 0.5) is 5.69 Å². The lowest BCUT2D eigenvalue weighted by Crippen LogP contribution is -2.15. The van der Waals surface area contributed by atoms with Gasteiger partial charge in [-0.15, -0.1) is 0 Å². The number of para-hydroxylation sites is 1. The molecule has 138 valence electrons. The molecular formula is C23H23NO3. The lowest BCUT2D eigenvalue weighted by molar-refractivity contribution is 0.0372. The fraction of sp³-hybridized carbons (Fsp3) is 0.174. The summed E-state index contributed by atoms with van der Waals surface area (Å²) in [5.74, 6) is 0.0820. The van der Waals surface area contributed by atoms with Crippen molar-refractivity contribution in [1.82, 2.24) is 0 Å². The lowest BCUT2D eigenvalue weighted by Gasteiger charge is -2.22. The third kappa shape index (κ3) is 4.67. The van der Waals surface area contributed by atoms with Gasteiger partial charge in [0.1, 0.15) is 17.4 Å². The standard InChI is InChI=1S/C23H23NO3/c1-16(2)26-23(25)20-10-6-7-11-21(20)27-22(17-8-4-3-5-9-17)18-12-14-19(24)15-13-18/h3-16,22H,24H2,1-2H3. The number of ether oxygens (including phenoxy) is 2.